The van der Waals surface area contributed by atoms with Crippen molar-refractivity contribution < 1.29 is 0 Å². The van der Waals surface area contributed by atoms with Crippen molar-refractivity contribution in [1.29, 1.82) is 0 Å². The van der Waals surface area contributed by atoms with Gasteiger partial charge in [0, 0.05) is 3.57 Å². The van der Waals surface area contributed by atoms with Gasteiger partial charge >= 0.3 is 0 Å². The molecule has 10 heavy (non-hydrogen) atoms. The first-order valence-corrected chi connectivity index (χ1v) is 4.71. The maximum atomic E-state index is 2.37. The second kappa shape index (κ2) is 2.53. The third-order valence-corrected chi connectivity index (χ3v) is 2.73. The van der Waals surface area contributed by atoms with Gasteiger partial charge in [-0.15, -0.1) is 0 Å². The summed E-state index contributed by atoms with van der Waals surface area (Å²) in [5.74, 6) is 0. The van der Waals surface area contributed by atoms with E-state index in [2.05, 4.69) is 40.8 Å². The molecule has 1 aromatic carbocycles. The van der Waals surface area contributed by atoms with Crippen LogP contribution in [0.15, 0.2) is 18.2 Å². The summed E-state index contributed by atoms with van der Waals surface area (Å²) in [6.07, 6.45) is 3.95. The lowest BCUT2D eigenvalue weighted by atomic mass is 10.1. The van der Waals surface area contributed by atoms with Gasteiger partial charge in [-0.2, -0.15) is 0 Å². The van der Waals surface area contributed by atoms with Gasteiger partial charge in [0.05, 0.1) is 0 Å². The van der Waals surface area contributed by atoms with E-state index in [9.17, 15) is 0 Å². The average molecular weight is 244 g/mol. The van der Waals surface area contributed by atoms with Crippen molar-refractivity contribution in [3.05, 3.63) is 32.9 Å². The van der Waals surface area contributed by atoms with Crippen LogP contribution in [0, 0.1) is 3.57 Å². The molecule has 0 N–H and O–H groups in total. The van der Waals surface area contributed by atoms with E-state index in [-0.39, 0.29) is 0 Å². The Morgan fingerprint density at radius 1 is 1.10 bits per heavy atom. The first kappa shape index (κ1) is 6.65. The zero-order valence-corrected chi connectivity index (χ0v) is 7.89. The summed E-state index contributed by atoms with van der Waals surface area (Å²) < 4.78 is 1.37. The smallest absolute Gasteiger partial charge is 0.0133 e. The highest BCUT2D eigenvalue weighted by Gasteiger charge is 2.09. The van der Waals surface area contributed by atoms with Crippen molar-refractivity contribution in [1.82, 2.24) is 0 Å². The summed E-state index contributed by atoms with van der Waals surface area (Å²) in [5.41, 5.74) is 3.15. The number of fused-ring (bicyclic) bond motifs is 1. The third-order valence-electron chi connectivity index (χ3n) is 2.06. The van der Waals surface area contributed by atoms with Crippen LogP contribution in [0.5, 0.6) is 0 Å². The van der Waals surface area contributed by atoms with Gasteiger partial charge in [0.15, 0.2) is 0 Å². The molecule has 0 aromatic heterocycles. The molecule has 1 aromatic rings. The highest BCUT2D eigenvalue weighted by atomic mass is 127. The first-order chi connectivity index (χ1) is 4.86. The van der Waals surface area contributed by atoms with E-state index in [4.69, 9.17) is 0 Å². The minimum absolute atomic E-state index is 1.30. The standard InChI is InChI=1S/C9H9I/c10-9-5-4-7-2-1-3-8(7)6-9/h4-6H,1-3H2. The lowest BCUT2D eigenvalue weighted by Gasteiger charge is -1.97. The molecule has 0 spiro atoms. The molecule has 1 aliphatic carbocycles. The number of benzene rings is 1. The van der Waals surface area contributed by atoms with Crippen molar-refractivity contribution in [3.63, 3.8) is 0 Å². The van der Waals surface area contributed by atoms with Crippen LogP contribution in [0.3, 0.4) is 0 Å². The normalized spacial score (nSPS) is 15.3. The predicted octanol–water partition coefficient (Wildman–Crippen LogP) is 2.78. The van der Waals surface area contributed by atoms with Gasteiger partial charge in [-0.3, -0.25) is 0 Å². The molecule has 0 unspecified atom stereocenters. The van der Waals surface area contributed by atoms with Gasteiger partial charge in [0.25, 0.3) is 0 Å². The average Bonchev–Trinajstić information content (AvgIpc) is 2.33. The summed E-state index contributed by atoms with van der Waals surface area (Å²) in [4.78, 5) is 0. The van der Waals surface area contributed by atoms with Gasteiger partial charge in [-0.25, -0.2) is 0 Å². The van der Waals surface area contributed by atoms with E-state index >= 15 is 0 Å². The molecule has 0 amide bonds. The number of halogens is 1. The largest absolute Gasteiger partial charge is 0.0577 e. The minimum atomic E-state index is 1.30. The van der Waals surface area contributed by atoms with E-state index < -0.39 is 0 Å². The van der Waals surface area contributed by atoms with Gasteiger partial charge < -0.3 is 0 Å². The summed E-state index contributed by atoms with van der Waals surface area (Å²) in [5, 5.41) is 0. The zero-order chi connectivity index (χ0) is 6.97. The maximum absolute atomic E-state index is 2.37. The van der Waals surface area contributed by atoms with Crippen molar-refractivity contribution in [2.24, 2.45) is 0 Å². The molecular weight excluding hydrogens is 235 g/mol. The third kappa shape index (κ3) is 1.07. The van der Waals surface area contributed by atoms with Crippen LogP contribution in [0.4, 0.5) is 0 Å². The van der Waals surface area contributed by atoms with Crippen LogP contribution in [0.2, 0.25) is 0 Å². The van der Waals surface area contributed by atoms with E-state index in [1.165, 1.54) is 22.8 Å². The molecule has 0 nitrogen and oxygen atoms in total. The zero-order valence-electron chi connectivity index (χ0n) is 5.73. The Morgan fingerprint density at radius 2 is 1.90 bits per heavy atom. The van der Waals surface area contributed by atoms with Crippen LogP contribution in [-0.2, 0) is 12.8 Å². The van der Waals surface area contributed by atoms with Gasteiger partial charge in [-0.1, -0.05) is 6.07 Å². The fourth-order valence-electron chi connectivity index (χ4n) is 1.54. The molecule has 52 valence electrons. The molecule has 1 aliphatic rings. The van der Waals surface area contributed by atoms with Crippen LogP contribution in [0.25, 0.3) is 0 Å². The summed E-state index contributed by atoms with van der Waals surface area (Å²) in [7, 11) is 0. The van der Waals surface area contributed by atoms with E-state index in [0.717, 1.165) is 0 Å². The Morgan fingerprint density at radius 3 is 2.80 bits per heavy atom. The molecule has 1 heteroatoms. The van der Waals surface area contributed by atoms with Crippen LogP contribution in [0.1, 0.15) is 17.5 Å². The SMILES string of the molecule is Ic1ccc2c(c1)CCC2. The fraction of sp³-hybridized carbons (Fsp3) is 0.333. The summed E-state index contributed by atoms with van der Waals surface area (Å²) in [6, 6.07) is 6.78. The maximum Gasteiger partial charge on any atom is 0.0133 e. The number of rotatable bonds is 0. The Hall–Kier alpha value is -0.0500. The lowest BCUT2D eigenvalue weighted by Crippen LogP contribution is -1.81. The highest BCUT2D eigenvalue weighted by molar-refractivity contribution is 14.1. The highest BCUT2D eigenvalue weighted by Crippen LogP contribution is 2.23. The molecule has 0 fully saturated rings. The van der Waals surface area contributed by atoms with Crippen LogP contribution < -0.4 is 0 Å². The second-order valence-corrected chi connectivity index (χ2v) is 4.01. The molecule has 0 aliphatic heterocycles. The van der Waals surface area contributed by atoms with Crippen LogP contribution >= 0.6 is 22.6 Å². The summed E-state index contributed by atoms with van der Waals surface area (Å²) >= 11 is 2.37. The Balaban J connectivity index is 2.52. The summed E-state index contributed by atoms with van der Waals surface area (Å²) in [6.45, 7) is 0. The molecule has 0 heterocycles. The molecule has 0 bridgehead atoms. The lowest BCUT2D eigenvalue weighted by molar-refractivity contribution is 0.911. The van der Waals surface area contributed by atoms with Gasteiger partial charge in [0.2, 0.25) is 0 Å². The molecule has 2 rings (SSSR count). The minimum Gasteiger partial charge on any atom is -0.0577 e. The van der Waals surface area contributed by atoms with Crippen molar-refractivity contribution in [3.8, 4) is 0 Å². The Kier molecular flexibility index (Phi) is 1.68. The topological polar surface area (TPSA) is 0 Å². The number of hydrogen-bond acceptors (Lipinski definition) is 0. The molecule has 0 radical (unpaired) electrons. The number of hydrogen-bond donors (Lipinski definition) is 0. The van der Waals surface area contributed by atoms with Crippen molar-refractivity contribution >= 4 is 22.6 Å². The fourth-order valence-corrected chi connectivity index (χ4v) is 2.10. The molecule has 0 saturated heterocycles. The molecule has 0 atom stereocenters. The number of aryl methyl sites for hydroxylation is 2. The molecule has 0 saturated carbocycles. The van der Waals surface area contributed by atoms with E-state index in [1.54, 1.807) is 11.1 Å². The van der Waals surface area contributed by atoms with Crippen LogP contribution in [-0.4, -0.2) is 0 Å². The Labute approximate surface area is 74.8 Å². The van der Waals surface area contributed by atoms with Gasteiger partial charge in [-0.05, 0) is 65.1 Å². The quantitative estimate of drug-likeness (QED) is 0.615. The predicted molar refractivity (Wildman–Crippen MR) is 51.2 cm³/mol. The molecular formula is C9H9I. The van der Waals surface area contributed by atoms with E-state index in [1.807, 2.05) is 0 Å². The monoisotopic (exact) mass is 244 g/mol. The van der Waals surface area contributed by atoms with Gasteiger partial charge in [0.1, 0.15) is 0 Å². The Bertz CT molecular complexity index is 253. The second-order valence-electron chi connectivity index (χ2n) is 2.77. The van der Waals surface area contributed by atoms with Crippen molar-refractivity contribution in [2.75, 3.05) is 0 Å². The first-order valence-electron chi connectivity index (χ1n) is 3.63. The van der Waals surface area contributed by atoms with E-state index in [0.29, 0.717) is 0 Å². The van der Waals surface area contributed by atoms with Crippen molar-refractivity contribution in [2.45, 2.75) is 19.3 Å².